The summed E-state index contributed by atoms with van der Waals surface area (Å²) < 4.78 is 5.18. The number of nitrogens with zero attached hydrogens (tertiary/aromatic N) is 2. The van der Waals surface area contributed by atoms with Gasteiger partial charge < -0.3 is 10.1 Å². The number of halogens is 1. The number of hydrogen-bond acceptors (Lipinski definition) is 7. The molecule has 0 spiro atoms. The van der Waals surface area contributed by atoms with Gasteiger partial charge in [0.05, 0.1) is 11.1 Å². The van der Waals surface area contributed by atoms with Crippen LogP contribution in [-0.4, -0.2) is 28.9 Å². The summed E-state index contributed by atoms with van der Waals surface area (Å²) in [7, 11) is 0. The number of anilines is 1. The van der Waals surface area contributed by atoms with Crippen LogP contribution in [0.15, 0.2) is 71.8 Å². The second kappa shape index (κ2) is 10.8. The summed E-state index contributed by atoms with van der Waals surface area (Å²) in [5.74, 6) is -2.62. The molecule has 3 aromatic carbocycles. The molecular formula is C23H17ClN4O6. The summed E-state index contributed by atoms with van der Waals surface area (Å²) in [5, 5.41) is 17.7. The number of carbonyl (C=O) groups is 3. The Morgan fingerprint density at radius 2 is 1.71 bits per heavy atom. The Hall–Kier alpha value is -4.57. The number of esters is 1. The van der Waals surface area contributed by atoms with Gasteiger partial charge in [-0.15, -0.1) is 0 Å². The molecule has 0 aliphatic rings. The lowest BCUT2D eigenvalue weighted by atomic mass is 10.2. The van der Waals surface area contributed by atoms with E-state index in [2.05, 4.69) is 15.8 Å². The molecule has 3 aromatic rings. The van der Waals surface area contributed by atoms with Crippen LogP contribution in [0, 0.1) is 17.0 Å². The number of nitro benzene ring substituents is 1. The molecule has 0 aliphatic heterocycles. The van der Waals surface area contributed by atoms with Crippen molar-refractivity contribution in [2.45, 2.75) is 6.92 Å². The lowest BCUT2D eigenvalue weighted by molar-refractivity contribution is -0.385. The van der Waals surface area contributed by atoms with Gasteiger partial charge in [-0.25, -0.2) is 10.2 Å². The number of nitro groups is 1. The van der Waals surface area contributed by atoms with Crippen molar-refractivity contribution in [1.29, 1.82) is 0 Å². The first-order chi connectivity index (χ1) is 16.3. The molecular weight excluding hydrogens is 464 g/mol. The largest absolute Gasteiger partial charge is 0.423 e. The Bertz CT molecular complexity index is 1290. The fourth-order valence-electron chi connectivity index (χ4n) is 2.73. The van der Waals surface area contributed by atoms with E-state index in [0.29, 0.717) is 21.8 Å². The molecule has 11 heteroatoms. The van der Waals surface area contributed by atoms with Crippen molar-refractivity contribution in [3.63, 3.8) is 0 Å². The van der Waals surface area contributed by atoms with E-state index in [1.54, 1.807) is 25.1 Å². The van der Waals surface area contributed by atoms with Crippen LogP contribution in [-0.2, 0) is 9.59 Å². The van der Waals surface area contributed by atoms with Gasteiger partial charge in [-0.3, -0.25) is 19.7 Å². The summed E-state index contributed by atoms with van der Waals surface area (Å²) >= 11 is 5.99. The first kappa shape index (κ1) is 24.1. The van der Waals surface area contributed by atoms with Crippen LogP contribution >= 0.6 is 11.6 Å². The third kappa shape index (κ3) is 6.02. The van der Waals surface area contributed by atoms with Crippen LogP contribution in [0.5, 0.6) is 5.75 Å². The number of amides is 2. The van der Waals surface area contributed by atoms with E-state index in [1.165, 1.54) is 54.7 Å². The molecule has 0 unspecified atom stereocenters. The summed E-state index contributed by atoms with van der Waals surface area (Å²) in [6.07, 6.45) is 1.28. The number of ether oxygens (including phenoxy) is 1. The highest BCUT2D eigenvalue weighted by atomic mass is 35.5. The van der Waals surface area contributed by atoms with Gasteiger partial charge in [-0.05, 0) is 60.5 Å². The molecule has 2 amide bonds. The number of carbonyl (C=O) groups excluding carboxylic acids is 3. The van der Waals surface area contributed by atoms with Gasteiger partial charge in [-0.2, -0.15) is 5.10 Å². The number of rotatable bonds is 6. The van der Waals surface area contributed by atoms with Crippen LogP contribution in [0.1, 0.15) is 21.5 Å². The summed E-state index contributed by atoms with van der Waals surface area (Å²) in [6.45, 7) is 1.70. The van der Waals surface area contributed by atoms with E-state index < -0.39 is 22.7 Å². The van der Waals surface area contributed by atoms with Crippen molar-refractivity contribution < 1.29 is 24.0 Å². The molecule has 0 radical (unpaired) electrons. The average Bonchev–Trinajstić information content (AvgIpc) is 2.83. The minimum atomic E-state index is -0.981. The predicted octanol–water partition coefficient (Wildman–Crippen LogP) is 3.86. The molecule has 0 fully saturated rings. The highest BCUT2D eigenvalue weighted by Crippen LogP contribution is 2.23. The van der Waals surface area contributed by atoms with Crippen molar-refractivity contribution in [3.05, 3.63) is 98.6 Å². The van der Waals surface area contributed by atoms with E-state index in [1.807, 2.05) is 0 Å². The Morgan fingerprint density at radius 1 is 1.00 bits per heavy atom. The Morgan fingerprint density at radius 3 is 2.41 bits per heavy atom. The quantitative estimate of drug-likeness (QED) is 0.137. The van der Waals surface area contributed by atoms with E-state index in [0.717, 1.165) is 0 Å². The molecule has 0 bridgehead atoms. The number of hydrogen-bond donors (Lipinski definition) is 2. The second-order valence-corrected chi connectivity index (χ2v) is 7.21. The predicted molar refractivity (Wildman–Crippen MR) is 125 cm³/mol. The lowest BCUT2D eigenvalue weighted by Gasteiger charge is -2.08. The van der Waals surface area contributed by atoms with Gasteiger partial charge in [-0.1, -0.05) is 29.8 Å². The van der Waals surface area contributed by atoms with E-state index in [4.69, 9.17) is 16.3 Å². The Balaban J connectivity index is 1.56. The minimum absolute atomic E-state index is 0.153. The molecule has 10 nitrogen and oxygen atoms in total. The minimum Gasteiger partial charge on any atom is -0.423 e. The highest BCUT2D eigenvalue weighted by molar-refractivity contribution is 6.40. The maximum Gasteiger partial charge on any atom is 0.350 e. The van der Waals surface area contributed by atoms with E-state index >= 15 is 0 Å². The molecule has 0 heterocycles. The van der Waals surface area contributed by atoms with Crippen molar-refractivity contribution in [3.8, 4) is 5.75 Å². The first-order valence-electron chi connectivity index (χ1n) is 9.71. The molecule has 34 heavy (non-hydrogen) atoms. The molecule has 3 rings (SSSR count). The van der Waals surface area contributed by atoms with Gasteiger partial charge in [0.25, 0.3) is 5.69 Å². The Kier molecular flexibility index (Phi) is 7.67. The SMILES string of the molecule is Cc1c(Cl)cccc1NC(=O)C(=O)NN=Cc1ccc(OC(=O)c2ccccc2[N+](=O)[O-])cc1. The molecule has 0 aromatic heterocycles. The van der Waals surface area contributed by atoms with Gasteiger partial charge >= 0.3 is 17.8 Å². The van der Waals surface area contributed by atoms with Crippen LogP contribution in [0.25, 0.3) is 0 Å². The summed E-state index contributed by atoms with van der Waals surface area (Å²) in [5.41, 5.74) is 3.12. The van der Waals surface area contributed by atoms with Crippen molar-refractivity contribution in [2.75, 3.05) is 5.32 Å². The van der Waals surface area contributed by atoms with E-state index in [9.17, 15) is 24.5 Å². The van der Waals surface area contributed by atoms with Crippen molar-refractivity contribution in [2.24, 2.45) is 5.10 Å². The number of para-hydroxylation sites is 1. The fourth-order valence-corrected chi connectivity index (χ4v) is 2.90. The van der Waals surface area contributed by atoms with Crippen LogP contribution < -0.4 is 15.5 Å². The third-order valence-corrected chi connectivity index (χ3v) is 4.92. The summed E-state index contributed by atoms with van der Waals surface area (Å²) in [4.78, 5) is 46.6. The fraction of sp³-hybridized carbons (Fsp3) is 0.0435. The maximum absolute atomic E-state index is 12.3. The molecule has 0 atom stereocenters. The van der Waals surface area contributed by atoms with Gasteiger partial charge in [0.15, 0.2) is 0 Å². The van der Waals surface area contributed by atoms with Crippen molar-refractivity contribution >= 4 is 47.0 Å². The zero-order valence-electron chi connectivity index (χ0n) is 17.7. The monoisotopic (exact) mass is 480 g/mol. The lowest BCUT2D eigenvalue weighted by Crippen LogP contribution is -2.32. The second-order valence-electron chi connectivity index (χ2n) is 6.80. The third-order valence-electron chi connectivity index (χ3n) is 4.51. The molecule has 0 aliphatic carbocycles. The number of hydrazone groups is 1. The number of benzene rings is 3. The van der Waals surface area contributed by atoms with Crippen molar-refractivity contribution in [1.82, 2.24) is 5.43 Å². The van der Waals surface area contributed by atoms with Crippen LogP contribution in [0.4, 0.5) is 11.4 Å². The standard InChI is InChI=1S/C23H17ClN4O6/c1-14-18(24)6-4-7-19(14)26-21(29)22(30)27-25-13-15-9-11-16(12-10-15)34-23(31)17-5-2-3-8-20(17)28(32)33/h2-13H,1H3,(H,26,29)(H,27,30). The van der Waals surface area contributed by atoms with Crippen LogP contribution in [0.3, 0.4) is 0 Å². The zero-order chi connectivity index (χ0) is 24.7. The van der Waals surface area contributed by atoms with Gasteiger partial charge in [0.2, 0.25) is 0 Å². The maximum atomic E-state index is 12.3. The molecule has 172 valence electrons. The van der Waals surface area contributed by atoms with Gasteiger partial charge in [0, 0.05) is 16.8 Å². The first-order valence-corrected chi connectivity index (χ1v) is 10.1. The topological polar surface area (TPSA) is 140 Å². The zero-order valence-corrected chi connectivity index (χ0v) is 18.4. The molecule has 0 saturated carbocycles. The normalized spacial score (nSPS) is 10.5. The highest BCUT2D eigenvalue weighted by Gasteiger charge is 2.21. The Labute approximate surface area is 198 Å². The van der Waals surface area contributed by atoms with E-state index in [-0.39, 0.29) is 17.0 Å². The summed E-state index contributed by atoms with van der Waals surface area (Å²) in [6, 6.07) is 16.3. The van der Waals surface area contributed by atoms with Crippen LogP contribution in [0.2, 0.25) is 5.02 Å². The number of nitrogens with one attached hydrogen (secondary N) is 2. The van der Waals surface area contributed by atoms with Gasteiger partial charge in [0.1, 0.15) is 11.3 Å². The smallest absolute Gasteiger partial charge is 0.350 e. The molecule has 0 saturated heterocycles. The average molecular weight is 481 g/mol. The molecule has 2 N–H and O–H groups in total.